The SMILES string of the molecule is CN(C)c1cc(CNC(=O)Oc2ccc(Br)cc2)c(O)c2c1C[C@@]1(N)C[C@@]3(N)[C@H](N(C)C)C(=O)C(C(N)=O)=C(O)[C@@]3(C#N)C(=O)C1=C2O. The number of aliphatic hydroxyl groups excluding tert-OH is 2. The summed E-state index contributed by atoms with van der Waals surface area (Å²) in [6.45, 7) is -0.272. The fraction of sp³-hybridized carbons (Fsp3) is 0.344. The van der Waals surface area contributed by atoms with Crippen LogP contribution in [-0.2, 0) is 27.3 Å². The first kappa shape index (κ1) is 34.4. The molecule has 1 saturated carbocycles. The van der Waals surface area contributed by atoms with E-state index in [1.165, 1.54) is 19.0 Å². The number of fused-ring (bicyclic) bond motifs is 3. The molecule has 0 unspecified atom stereocenters. The number of nitrogens with one attached hydrogen (secondary N) is 1. The summed E-state index contributed by atoms with van der Waals surface area (Å²) in [5.74, 6) is -5.91. The van der Waals surface area contributed by atoms with E-state index in [0.717, 1.165) is 4.47 Å². The first-order valence-electron chi connectivity index (χ1n) is 14.5. The highest BCUT2D eigenvalue weighted by atomic mass is 79.9. The third-order valence-corrected chi connectivity index (χ3v) is 9.76. The van der Waals surface area contributed by atoms with E-state index < -0.39 is 80.9 Å². The number of carbonyl (C=O) groups is 4. The van der Waals surface area contributed by atoms with E-state index in [2.05, 4.69) is 21.2 Å². The molecule has 252 valence electrons. The number of nitrogens with zero attached hydrogens (tertiary/aromatic N) is 3. The lowest BCUT2D eigenvalue weighted by atomic mass is 9.47. The summed E-state index contributed by atoms with van der Waals surface area (Å²) in [5, 5.41) is 47.8. The maximum absolute atomic E-state index is 14.6. The average molecular weight is 725 g/mol. The van der Waals surface area contributed by atoms with Crippen LogP contribution in [0.25, 0.3) is 5.76 Å². The molecule has 2 amide bonds. The lowest BCUT2D eigenvalue weighted by molar-refractivity contribution is -0.139. The molecule has 0 aromatic heterocycles. The minimum atomic E-state index is -2.78. The van der Waals surface area contributed by atoms with Crippen molar-refractivity contribution in [3.63, 3.8) is 0 Å². The van der Waals surface area contributed by atoms with Crippen LogP contribution in [-0.4, -0.2) is 89.1 Å². The molecule has 3 aliphatic carbocycles. The van der Waals surface area contributed by atoms with Crippen LogP contribution in [0.3, 0.4) is 0 Å². The number of halogens is 1. The van der Waals surface area contributed by atoms with E-state index in [0.29, 0.717) is 11.3 Å². The van der Waals surface area contributed by atoms with Gasteiger partial charge in [-0.2, -0.15) is 5.26 Å². The number of phenols is 1. The summed E-state index contributed by atoms with van der Waals surface area (Å²) in [6.07, 6.45) is -1.55. The van der Waals surface area contributed by atoms with Crippen LogP contribution in [0.1, 0.15) is 23.1 Å². The molecule has 4 atom stereocenters. The second-order valence-electron chi connectivity index (χ2n) is 12.6. The number of hydrogen-bond donors (Lipinski definition) is 7. The summed E-state index contributed by atoms with van der Waals surface area (Å²) < 4.78 is 6.06. The first-order valence-corrected chi connectivity index (χ1v) is 15.3. The van der Waals surface area contributed by atoms with Crippen molar-refractivity contribution < 1.29 is 39.2 Å². The number of aliphatic hydroxyl groups is 2. The van der Waals surface area contributed by atoms with E-state index >= 15 is 0 Å². The Morgan fingerprint density at radius 1 is 1.12 bits per heavy atom. The number of ketones is 2. The zero-order chi connectivity index (χ0) is 35.7. The number of likely N-dealkylation sites (N-methyl/N-ethyl adjacent to an activating group) is 1. The van der Waals surface area contributed by atoms with Crippen molar-refractivity contribution in [2.75, 3.05) is 33.1 Å². The number of hydrogen-bond acceptors (Lipinski definition) is 13. The van der Waals surface area contributed by atoms with Gasteiger partial charge in [0.05, 0.1) is 34.3 Å². The number of phenolic OH excluding ortho intramolecular Hbond substituents is 1. The van der Waals surface area contributed by atoms with E-state index in [-0.39, 0.29) is 29.8 Å². The van der Waals surface area contributed by atoms with Gasteiger partial charge in [-0.1, -0.05) is 15.9 Å². The molecule has 48 heavy (non-hydrogen) atoms. The number of carbonyl (C=O) groups excluding carboxylic acids is 4. The molecular weight excluding hydrogens is 690 g/mol. The number of anilines is 1. The molecule has 0 saturated heterocycles. The highest BCUT2D eigenvalue weighted by Gasteiger charge is 2.74. The monoisotopic (exact) mass is 723 g/mol. The Morgan fingerprint density at radius 3 is 2.29 bits per heavy atom. The summed E-state index contributed by atoms with van der Waals surface area (Å²) in [6, 6.07) is 8.31. The Morgan fingerprint density at radius 2 is 1.75 bits per heavy atom. The van der Waals surface area contributed by atoms with Gasteiger partial charge in [-0.25, -0.2) is 4.79 Å². The van der Waals surface area contributed by atoms with Gasteiger partial charge in [0, 0.05) is 36.4 Å². The molecule has 0 aliphatic heterocycles. The second kappa shape index (κ2) is 11.6. The molecule has 2 aromatic rings. The Bertz CT molecular complexity index is 1900. The minimum absolute atomic E-state index is 0.128. The van der Waals surface area contributed by atoms with Crippen LogP contribution < -0.4 is 32.2 Å². The number of nitrogens with two attached hydrogens (primary N) is 3. The second-order valence-corrected chi connectivity index (χ2v) is 13.5. The van der Waals surface area contributed by atoms with Gasteiger partial charge in [0.15, 0.2) is 17.0 Å². The number of ether oxygens (including phenoxy) is 1. The predicted molar refractivity (Wildman–Crippen MR) is 176 cm³/mol. The van der Waals surface area contributed by atoms with Gasteiger partial charge in [0.25, 0.3) is 5.91 Å². The van der Waals surface area contributed by atoms with Crippen molar-refractivity contribution in [2.24, 2.45) is 22.6 Å². The molecular formula is C32H34BrN7O8. The average Bonchev–Trinajstić information content (AvgIpc) is 2.96. The van der Waals surface area contributed by atoms with Crippen molar-refractivity contribution in [3.8, 4) is 17.6 Å². The van der Waals surface area contributed by atoms with Crippen LogP contribution in [0, 0.1) is 16.7 Å². The molecule has 2 aromatic carbocycles. The molecule has 0 spiro atoms. The molecule has 0 radical (unpaired) electrons. The quantitative estimate of drug-likeness (QED) is 0.206. The minimum Gasteiger partial charge on any atom is -0.509 e. The van der Waals surface area contributed by atoms with Gasteiger partial charge in [-0.3, -0.25) is 19.3 Å². The van der Waals surface area contributed by atoms with Crippen LogP contribution in [0.2, 0.25) is 0 Å². The van der Waals surface area contributed by atoms with Crippen molar-refractivity contribution in [3.05, 3.63) is 68.4 Å². The Hall–Kier alpha value is -4.95. The van der Waals surface area contributed by atoms with Gasteiger partial charge >= 0.3 is 6.09 Å². The number of nitriles is 1. The van der Waals surface area contributed by atoms with Gasteiger partial charge in [0.2, 0.25) is 0 Å². The molecule has 16 heteroatoms. The number of amides is 2. The molecule has 10 N–H and O–H groups in total. The van der Waals surface area contributed by atoms with Gasteiger partial charge in [-0.15, -0.1) is 0 Å². The Kier molecular flexibility index (Phi) is 8.33. The molecule has 1 fully saturated rings. The highest BCUT2D eigenvalue weighted by Crippen LogP contribution is 2.59. The van der Waals surface area contributed by atoms with Crippen LogP contribution in [0.5, 0.6) is 11.5 Å². The lowest BCUT2D eigenvalue weighted by Gasteiger charge is -2.58. The zero-order valence-corrected chi connectivity index (χ0v) is 28.0. The van der Waals surface area contributed by atoms with E-state index in [9.17, 15) is 39.8 Å². The number of rotatable bonds is 6. The van der Waals surface area contributed by atoms with Gasteiger partial charge in [0.1, 0.15) is 28.6 Å². The molecule has 0 bridgehead atoms. The molecule has 3 aliphatic rings. The normalized spacial score (nSPS) is 26.4. The fourth-order valence-corrected chi connectivity index (χ4v) is 7.55. The number of Topliss-reactive ketones (excluding diaryl/α,β-unsaturated/α-hetero) is 2. The third-order valence-electron chi connectivity index (χ3n) is 9.23. The van der Waals surface area contributed by atoms with Crippen LogP contribution in [0.4, 0.5) is 10.5 Å². The van der Waals surface area contributed by atoms with Crippen LogP contribution >= 0.6 is 15.9 Å². The summed E-state index contributed by atoms with van der Waals surface area (Å²) in [5.41, 5.74) is 11.6. The smallest absolute Gasteiger partial charge is 0.412 e. The molecule has 15 nitrogen and oxygen atoms in total. The maximum Gasteiger partial charge on any atom is 0.412 e. The Balaban J connectivity index is 1.67. The summed E-state index contributed by atoms with van der Waals surface area (Å²) >= 11 is 3.30. The summed E-state index contributed by atoms with van der Waals surface area (Å²) in [4.78, 5) is 56.2. The topological polar surface area (TPSA) is 259 Å². The number of primary amides is 1. The number of benzene rings is 2. The van der Waals surface area contributed by atoms with Gasteiger partial charge in [-0.05, 0) is 62.8 Å². The van der Waals surface area contributed by atoms with E-state index in [1.54, 1.807) is 55.4 Å². The van der Waals surface area contributed by atoms with Crippen molar-refractivity contribution >= 4 is 50.9 Å². The van der Waals surface area contributed by atoms with Crippen LogP contribution in [0.15, 0.2) is 51.7 Å². The fourth-order valence-electron chi connectivity index (χ4n) is 7.28. The van der Waals surface area contributed by atoms with Crippen molar-refractivity contribution in [1.82, 2.24) is 10.2 Å². The highest BCUT2D eigenvalue weighted by molar-refractivity contribution is 9.10. The van der Waals surface area contributed by atoms with Gasteiger partial charge < -0.3 is 47.5 Å². The van der Waals surface area contributed by atoms with Crippen molar-refractivity contribution in [1.29, 1.82) is 5.26 Å². The Labute approximate surface area is 283 Å². The first-order chi connectivity index (χ1) is 22.4. The predicted octanol–water partition coefficient (Wildman–Crippen LogP) is 1.02. The third kappa shape index (κ3) is 4.81. The summed E-state index contributed by atoms with van der Waals surface area (Å²) in [7, 11) is 6.27. The maximum atomic E-state index is 14.6. The molecule has 0 heterocycles. The standard InChI is InChI=1S/C32H34BrN7O8/c1-39(2)18-9-14(11-38-29(47)48-16-7-5-15(33)6-8-16)22(41)19-17(18)10-30(36)12-32(37)25(40(3)4)24(43)20(28(35)46)26(44)31(32,13-34)27(45)21(30)23(19)42/h5-9,25,41-42,44H,10-12,36-37H2,1-4H3,(H2,35,46)(H,38,47)/t25-,30-,31+,32-/m1/s1. The van der Waals surface area contributed by atoms with E-state index in [4.69, 9.17) is 21.9 Å². The van der Waals surface area contributed by atoms with Crippen molar-refractivity contribution in [2.45, 2.75) is 36.5 Å². The van der Waals surface area contributed by atoms with E-state index in [1.807, 2.05) is 0 Å². The lowest BCUT2D eigenvalue weighted by Crippen LogP contribution is -2.80. The largest absolute Gasteiger partial charge is 0.509 e. The number of aromatic hydroxyl groups is 1. The molecule has 5 rings (SSSR count). The zero-order valence-electron chi connectivity index (χ0n) is 26.4.